The molecule has 0 radical (unpaired) electrons. The van der Waals surface area contributed by atoms with Gasteiger partial charge in [0.2, 0.25) is 0 Å². The molecule has 238 valence electrons. The Bertz CT molecular complexity index is 1810. The Morgan fingerprint density at radius 1 is 0.674 bits per heavy atom. The lowest BCUT2D eigenvalue weighted by atomic mass is 10.0. The van der Waals surface area contributed by atoms with Crippen LogP contribution in [-0.4, -0.2) is 68.6 Å². The molecule has 0 atom stereocenters. The van der Waals surface area contributed by atoms with E-state index in [1.165, 1.54) is 10.3 Å². The number of aromatic nitrogens is 1. The van der Waals surface area contributed by atoms with E-state index in [1.807, 2.05) is 24.3 Å². The molecule has 7 nitrogen and oxygen atoms in total. The van der Waals surface area contributed by atoms with Gasteiger partial charge in [-0.3, -0.25) is 9.80 Å². The van der Waals surface area contributed by atoms with E-state index in [9.17, 15) is 0 Å². The van der Waals surface area contributed by atoms with Crippen molar-refractivity contribution in [3.63, 3.8) is 0 Å². The standard InChI is InChI=1S/C38H41N3O4S/c1-26-10-14-31(38-39-32-8-6-7-9-37(32)46-38)23-34(26)44-24-40-16-18-41(19-17-40)25-45-36-21-29(13-15-33(36)42-4)11-12-30-20-27(2)28(3)35(22-30)43-5/h6-15,20-23H,16-19,24-25H2,1-5H3/b12-11-. The monoisotopic (exact) mass is 635 g/mol. The predicted molar refractivity (Wildman–Crippen MR) is 188 cm³/mol. The van der Waals surface area contributed by atoms with Crippen LogP contribution in [0.25, 0.3) is 32.9 Å². The van der Waals surface area contributed by atoms with Gasteiger partial charge < -0.3 is 18.9 Å². The number of para-hydroxylation sites is 1. The van der Waals surface area contributed by atoms with Gasteiger partial charge in [-0.05, 0) is 85.0 Å². The number of thiazole rings is 1. The third-order valence-corrected chi connectivity index (χ3v) is 9.60. The Labute approximate surface area is 275 Å². The molecule has 0 unspecified atom stereocenters. The summed E-state index contributed by atoms with van der Waals surface area (Å²) in [7, 11) is 3.39. The van der Waals surface area contributed by atoms with Crippen LogP contribution < -0.4 is 18.9 Å². The molecule has 0 saturated carbocycles. The molecule has 6 rings (SSSR count). The van der Waals surface area contributed by atoms with Crippen LogP contribution in [0, 0.1) is 20.8 Å². The summed E-state index contributed by atoms with van der Waals surface area (Å²) in [5.74, 6) is 3.26. The van der Waals surface area contributed by atoms with Gasteiger partial charge in [-0.2, -0.15) is 0 Å². The molecule has 0 aliphatic carbocycles. The molecule has 8 heteroatoms. The lowest BCUT2D eigenvalue weighted by molar-refractivity contribution is 0.0323. The fourth-order valence-electron chi connectivity index (χ4n) is 5.52. The maximum absolute atomic E-state index is 6.32. The third-order valence-electron chi connectivity index (χ3n) is 8.52. The minimum absolute atomic E-state index is 0.496. The largest absolute Gasteiger partial charge is 0.496 e. The highest BCUT2D eigenvalue weighted by atomic mass is 32.1. The normalized spacial score (nSPS) is 14.2. The number of hydrogen-bond acceptors (Lipinski definition) is 8. The number of aryl methyl sites for hydroxylation is 2. The molecule has 5 aromatic rings. The number of rotatable bonds is 11. The van der Waals surface area contributed by atoms with Gasteiger partial charge in [0.1, 0.15) is 30.0 Å². The molecule has 1 saturated heterocycles. The summed E-state index contributed by atoms with van der Waals surface area (Å²) in [4.78, 5) is 9.48. The van der Waals surface area contributed by atoms with Crippen molar-refractivity contribution in [2.24, 2.45) is 0 Å². The Morgan fingerprint density at radius 2 is 1.35 bits per heavy atom. The summed E-state index contributed by atoms with van der Waals surface area (Å²) in [6.07, 6.45) is 4.19. The van der Waals surface area contributed by atoms with Crippen molar-refractivity contribution >= 4 is 33.7 Å². The van der Waals surface area contributed by atoms with Crippen molar-refractivity contribution in [3.05, 3.63) is 101 Å². The topological polar surface area (TPSA) is 56.3 Å². The second-order valence-electron chi connectivity index (χ2n) is 11.7. The highest BCUT2D eigenvalue weighted by molar-refractivity contribution is 7.21. The van der Waals surface area contributed by atoms with Gasteiger partial charge in [0.15, 0.2) is 11.5 Å². The zero-order chi connectivity index (χ0) is 32.0. The number of ether oxygens (including phenoxy) is 4. The van der Waals surface area contributed by atoms with Crippen LogP contribution >= 0.6 is 11.3 Å². The molecule has 0 amide bonds. The summed E-state index contributed by atoms with van der Waals surface area (Å²) in [6.45, 7) is 10.9. The predicted octanol–water partition coefficient (Wildman–Crippen LogP) is 8.07. The SMILES string of the molecule is COc1ccc(/C=C\c2cc(C)c(C)c(OC)c2)cc1OCN1CCN(COc2cc(-c3nc4ccccc4s3)ccc2C)CC1. The molecule has 0 bridgehead atoms. The van der Waals surface area contributed by atoms with Crippen molar-refractivity contribution in [2.75, 3.05) is 53.9 Å². The van der Waals surface area contributed by atoms with Crippen molar-refractivity contribution in [3.8, 4) is 33.6 Å². The van der Waals surface area contributed by atoms with E-state index >= 15 is 0 Å². The molecule has 4 aromatic carbocycles. The van der Waals surface area contributed by atoms with Gasteiger partial charge in [0.05, 0.1) is 24.4 Å². The number of benzene rings is 4. The first kappa shape index (κ1) is 31.6. The third kappa shape index (κ3) is 7.36. The molecule has 1 aliphatic heterocycles. The van der Waals surface area contributed by atoms with Crippen LogP contribution in [0.2, 0.25) is 0 Å². The van der Waals surface area contributed by atoms with Crippen molar-refractivity contribution in [1.29, 1.82) is 0 Å². The molecule has 1 aliphatic rings. The molecule has 1 fully saturated rings. The van der Waals surface area contributed by atoms with Gasteiger partial charge >= 0.3 is 0 Å². The van der Waals surface area contributed by atoms with Gasteiger partial charge in [0.25, 0.3) is 0 Å². The summed E-state index contributed by atoms with van der Waals surface area (Å²) in [5, 5.41) is 1.01. The van der Waals surface area contributed by atoms with Gasteiger partial charge in [-0.25, -0.2) is 4.98 Å². The summed E-state index contributed by atoms with van der Waals surface area (Å²) in [5.41, 5.74) is 7.74. The summed E-state index contributed by atoms with van der Waals surface area (Å²) < 4.78 is 24.9. The average molecular weight is 636 g/mol. The molecular formula is C38H41N3O4S. The van der Waals surface area contributed by atoms with Gasteiger partial charge in [-0.15, -0.1) is 11.3 Å². The zero-order valence-corrected chi connectivity index (χ0v) is 28.0. The summed E-state index contributed by atoms with van der Waals surface area (Å²) >= 11 is 1.71. The van der Waals surface area contributed by atoms with E-state index in [0.717, 1.165) is 87.5 Å². The quantitative estimate of drug-likeness (QED) is 0.136. The lowest BCUT2D eigenvalue weighted by Crippen LogP contribution is -2.48. The van der Waals surface area contributed by atoms with Crippen LogP contribution in [0.4, 0.5) is 0 Å². The molecule has 0 N–H and O–H groups in total. The van der Waals surface area contributed by atoms with Crippen LogP contribution in [0.1, 0.15) is 27.8 Å². The van der Waals surface area contributed by atoms with Crippen molar-refractivity contribution in [2.45, 2.75) is 20.8 Å². The van der Waals surface area contributed by atoms with Gasteiger partial charge in [0, 0.05) is 31.7 Å². The highest BCUT2D eigenvalue weighted by Gasteiger charge is 2.19. The zero-order valence-electron chi connectivity index (χ0n) is 27.2. The first-order valence-electron chi connectivity index (χ1n) is 15.6. The van der Waals surface area contributed by atoms with Crippen LogP contribution in [0.3, 0.4) is 0 Å². The van der Waals surface area contributed by atoms with Gasteiger partial charge in [-0.1, -0.05) is 48.6 Å². The maximum atomic E-state index is 6.32. The Kier molecular flexibility index (Phi) is 9.88. The fraction of sp³-hybridized carbons (Fsp3) is 0.289. The molecule has 1 aromatic heterocycles. The van der Waals surface area contributed by atoms with Crippen molar-refractivity contribution in [1.82, 2.24) is 14.8 Å². The van der Waals surface area contributed by atoms with E-state index in [1.54, 1.807) is 25.6 Å². The molecule has 2 heterocycles. The van der Waals surface area contributed by atoms with E-state index in [4.69, 9.17) is 23.9 Å². The molecule has 46 heavy (non-hydrogen) atoms. The average Bonchev–Trinajstić information content (AvgIpc) is 3.52. The lowest BCUT2D eigenvalue weighted by Gasteiger charge is -2.34. The fourth-order valence-corrected chi connectivity index (χ4v) is 6.48. The highest BCUT2D eigenvalue weighted by Crippen LogP contribution is 2.33. The Morgan fingerprint density at radius 3 is 2.07 bits per heavy atom. The van der Waals surface area contributed by atoms with E-state index in [0.29, 0.717) is 13.5 Å². The number of nitrogens with zero attached hydrogens (tertiary/aromatic N) is 3. The number of piperazine rings is 1. The summed E-state index contributed by atoms with van der Waals surface area (Å²) in [6, 6.07) is 24.9. The Hall–Kier alpha value is -4.37. The molecular weight excluding hydrogens is 595 g/mol. The van der Waals surface area contributed by atoms with E-state index < -0.39 is 0 Å². The van der Waals surface area contributed by atoms with Crippen LogP contribution in [-0.2, 0) is 0 Å². The molecule has 0 spiro atoms. The second kappa shape index (κ2) is 14.4. The minimum Gasteiger partial charge on any atom is -0.496 e. The van der Waals surface area contributed by atoms with Crippen molar-refractivity contribution < 1.29 is 18.9 Å². The number of hydrogen-bond donors (Lipinski definition) is 0. The number of methoxy groups -OCH3 is 2. The first-order valence-corrected chi connectivity index (χ1v) is 16.4. The van der Waals surface area contributed by atoms with E-state index in [-0.39, 0.29) is 0 Å². The smallest absolute Gasteiger partial charge is 0.163 e. The van der Waals surface area contributed by atoms with Crippen LogP contribution in [0.5, 0.6) is 23.0 Å². The first-order chi connectivity index (χ1) is 22.4. The van der Waals surface area contributed by atoms with E-state index in [2.05, 4.69) is 91.3 Å². The Balaban J connectivity index is 1.02. The van der Waals surface area contributed by atoms with Crippen LogP contribution in [0.15, 0.2) is 72.8 Å². The second-order valence-corrected chi connectivity index (χ2v) is 12.7. The number of fused-ring (bicyclic) bond motifs is 1. The maximum Gasteiger partial charge on any atom is 0.163 e. The minimum atomic E-state index is 0.496.